The molecule has 0 aliphatic heterocycles. The van der Waals surface area contributed by atoms with Crippen LogP contribution in [0.5, 0.6) is 17.2 Å². The highest BCUT2D eigenvalue weighted by Crippen LogP contribution is 2.22. The van der Waals surface area contributed by atoms with Gasteiger partial charge in [0, 0.05) is 0 Å². The molecule has 1 amide bonds. The van der Waals surface area contributed by atoms with Gasteiger partial charge in [-0.2, -0.15) is 0 Å². The molecule has 0 saturated heterocycles. The van der Waals surface area contributed by atoms with Gasteiger partial charge >= 0.3 is 0 Å². The SMILES string of the molecule is CC[C@H](Oc1cccc(C)c1C)C(=O)NCCOc1ccc(OC)cc1. The molecule has 0 aliphatic rings. The van der Waals surface area contributed by atoms with E-state index in [4.69, 9.17) is 14.2 Å². The van der Waals surface area contributed by atoms with Gasteiger partial charge in [-0.25, -0.2) is 0 Å². The summed E-state index contributed by atoms with van der Waals surface area (Å²) >= 11 is 0. The normalized spacial score (nSPS) is 11.5. The van der Waals surface area contributed by atoms with Gasteiger partial charge in [0.1, 0.15) is 23.9 Å². The van der Waals surface area contributed by atoms with E-state index < -0.39 is 6.10 Å². The summed E-state index contributed by atoms with van der Waals surface area (Å²) < 4.78 is 16.6. The Kier molecular flexibility index (Phi) is 7.33. The Morgan fingerprint density at radius 3 is 2.42 bits per heavy atom. The number of nitrogens with one attached hydrogen (secondary N) is 1. The number of hydrogen-bond acceptors (Lipinski definition) is 4. The molecule has 1 atom stereocenters. The summed E-state index contributed by atoms with van der Waals surface area (Å²) in [6, 6.07) is 13.2. The number of hydrogen-bond donors (Lipinski definition) is 1. The van der Waals surface area contributed by atoms with Gasteiger partial charge in [-0.05, 0) is 61.7 Å². The number of carbonyl (C=O) groups excluding carboxylic acids is 1. The van der Waals surface area contributed by atoms with Crippen LogP contribution in [-0.2, 0) is 4.79 Å². The lowest BCUT2D eigenvalue weighted by atomic mass is 10.1. The van der Waals surface area contributed by atoms with Crippen molar-refractivity contribution in [2.75, 3.05) is 20.3 Å². The fraction of sp³-hybridized carbons (Fsp3) is 0.381. The standard InChI is InChI=1S/C21H27NO4/c1-5-19(26-20-8-6-7-15(2)16(20)3)21(23)22-13-14-25-18-11-9-17(24-4)10-12-18/h6-12,19H,5,13-14H2,1-4H3,(H,22,23)/t19-/m0/s1. The molecule has 5 nitrogen and oxygen atoms in total. The highest BCUT2D eigenvalue weighted by atomic mass is 16.5. The molecule has 0 fully saturated rings. The number of aryl methyl sites for hydroxylation is 1. The minimum absolute atomic E-state index is 0.133. The molecular weight excluding hydrogens is 330 g/mol. The quantitative estimate of drug-likeness (QED) is 0.696. The van der Waals surface area contributed by atoms with E-state index in [0.29, 0.717) is 19.6 Å². The van der Waals surface area contributed by atoms with E-state index >= 15 is 0 Å². The van der Waals surface area contributed by atoms with Crippen LogP contribution in [0.25, 0.3) is 0 Å². The first-order valence-corrected chi connectivity index (χ1v) is 8.82. The van der Waals surface area contributed by atoms with Crippen LogP contribution < -0.4 is 19.5 Å². The minimum atomic E-state index is -0.517. The number of methoxy groups -OCH3 is 1. The van der Waals surface area contributed by atoms with Gasteiger partial charge in [0.15, 0.2) is 6.10 Å². The predicted octanol–water partition coefficient (Wildman–Crippen LogP) is 3.66. The first-order chi connectivity index (χ1) is 12.5. The second kappa shape index (κ2) is 9.70. The van der Waals surface area contributed by atoms with E-state index in [0.717, 1.165) is 28.4 Å². The van der Waals surface area contributed by atoms with E-state index in [-0.39, 0.29) is 5.91 Å². The topological polar surface area (TPSA) is 56.8 Å². The van der Waals surface area contributed by atoms with Crippen molar-refractivity contribution in [1.82, 2.24) is 5.32 Å². The lowest BCUT2D eigenvalue weighted by molar-refractivity contribution is -0.128. The van der Waals surface area contributed by atoms with Gasteiger partial charge in [0.2, 0.25) is 0 Å². The zero-order valence-electron chi connectivity index (χ0n) is 15.9. The molecule has 1 N–H and O–H groups in total. The van der Waals surface area contributed by atoms with Crippen molar-refractivity contribution in [3.63, 3.8) is 0 Å². The van der Waals surface area contributed by atoms with Gasteiger partial charge in [-0.1, -0.05) is 19.1 Å². The number of amides is 1. The summed E-state index contributed by atoms with van der Waals surface area (Å²) in [5.41, 5.74) is 2.20. The molecule has 5 heteroatoms. The van der Waals surface area contributed by atoms with Crippen LogP contribution in [0.15, 0.2) is 42.5 Å². The Labute approximate surface area is 155 Å². The van der Waals surface area contributed by atoms with E-state index in [2.05, 4.69) is 5.32 Å². The van der Waals surface area contributed by atoms with Crippen LogP contribution in [0.3, 0.4) is 0 Å². The first kappa shape index (κ1) is 19.6. The Hall–Kier alpha value is -2.69. The fourth-order valence-corrected chi connectivity index (χ4v) is 2.46. The molecule has 0 heterocycles. The van der Waals surface area contributed by atoms with Crippen molar-refractivity contribution in [1.29, 1.82) is 0 Å². The highest BCUT2D eigenvalue weighted by Gasteiger charge is 2.19. The lowest BCUT2D eigenvalue weighted by Gasteiger charge is -2.19. The monoisotopic (exact) mass is 357 g/mol. The molecule has 140 valence electrons. The maximum atomic E-state index is 12.4. The average molecular weight is 357 g/mol. The molecule has 0 saturated carbocycles. The van der Waals surface area contributed by atoms with Crippen LogP contribution in [0, 0.1) is 13.8 Å². The summed E-state index contributed by atoms with van der Waals surface area (Å²) in [5.74, 6) is 2.13. The third kappa shape index (κ3) is 5.41. The van der Waals surface area contributed by atoms with Gasteiger partial charge in [-0.15, -0.1) is 0 Å². The zero-order chi connectivity index (χ0) is 18.9. The number of carbonyl (C=O) groups is 1. The van der Waals surface area contributed by atoms with E-state index in [1.165, 1.54) is 0 Å². The Morgan fingerprint density at radius 1 is 1.08 bits per heavy atom. The fourth-order valence-electron chi connectivity index (χ4n) is 2.46. The van der Waals surface area contributed by atoms with Crippen LogP contribution in [0.4, 0.5) is 0 Å². The van der Waals surface area contributed by atoms with Crippen molar-refractivity contribution < 1.29 is 19.0 Å². The molecule has 0 spiro atoms. The van der Waals surface area contributed by atoms with Gasteiger partial charge in [-0.3, -0.25) is 4.79 Å². The number of benzene rings is 2. The summed E-state index contributed by atoms with van der Waals surface area (Å²) in [4.78, 5) is 12.4. The van der Waals surface area contributed by atoms with Crippen LogP contribution in [0.2, 0.25) is 0 Å². The van der Waals surface area contributed by atoms with Crippen molar-refractivity contribution in [3.05, 3.63) is 53.6 Å². The van der Waals surface area contributed by atoms with Crippen LogP contribution in [-0.4, -0.2) is 32.3 Å². The summed E-state index contributed by atoms with van der Waals surface area (Å²) in [6.45, 7) is 6.76. The van der Waals surface area contributed by atoms with Gasteiger partial charge < -0.3 is 19.5 Å². The Bertz CT molecular complexity index is 712. The molecular formula is C21H27NO4. The molecule has 2 aromatic carbocycles. The molecule has 0 unspecified atom stereocenters. The van der Waals surface area contributed by atoms with E-state index in [9.17, 15) is 4.79 Å². The average Bonchev–Trinajstić information content (AvgIpc) is 2.66. The number of ether oxygens (including phenoxy) is 3. The molecule has 0 aromatic heterocycles. The van der Waals surface area contributed by atoms with Crippen molar-refractivity contribution in [2.24, 2.45) is 0 Å². The third-order valence-electron chi connectivity index (χ3n) is 4.22. The zero-order valence-corrected chi connectivity index (χ0v) is 15.9. The molecule has 26 heavy (non-hydrogen) atoms. The van der Waals surface area contributed by atoms with E-state index in [1.54, 1.807) is 7.11 Å². The minimum Gasteiger partial charge on any atom is -0.497 e. The lowest BCUT2D eigenvalue weighted by Crippen LogP contribution is -2.39. The predicted molar refractivity (Wildman–Crippen MR) is 102 cm³/mol. The number of rotatable bonds is 9. The molecule has 0 bridgehead atoms. The Balaban J connectivity index is 1.80. The van der Waals surface area contributed by atoms with E-state index in [1.807, 2.05) is 63.2 Å². The van der Waals surface area contributed by atoms with Gasteiger partial charge in [0.25, 0.3) is 5.91 Å². The molecule has 0 aliphatic carbocycles. The van der Waals surface area contributed by atoms with Gasteiger partial charge in [0.05, 0.1) is 13.7 Å². The maximum Gasteiger partial charge on any atom is 0.261 e. The first-order valence-electron chi connectivity index (χ1n) is 8.82. The van der Waals surface area contributed by atoms with Crippen LogP contribution in [0.1, 0.15) is 24.5 Å². The summed E-state index contributed by atoms with van der Waals surface area (Å²) in [6.07, 6.45) is 0.0786. The Morgan fingerprint density at radius 2 is 1.77 bits per heavy atom. The van der Waals surface area contributed by atoms with Crippen molar-refractivity contribution >= 4 is 5.91 Å². The second-order valence-corrected chi connectivity index (χ2v) is 6.03. The molecule has 0 radical (unpaired) electrons. The second-order valence-electron chi connectivity index (χ2n) is 6.03. The largest absolute Gasteiger partial charge is 0.497 e. The van der Waals surface area contributed by atoms with Crippen molar-refractivity contribution in [3.8, 4) is 17.2 Å². The summed E-state index contributed by atoms with van der Waals surface area (Å²) in [7, 11) is 1.62. The van der Waals surface area contributed by atoms with Crippen LogP contribution >= 0.6 is 0 Å². The van der Waals surface area contributed by atoms with Crippen molar-refractivity contribution in [2.45, 2.75) is 33.3 Å². The smallest absolute Gasteiger partial charge is 0.261 e. The molecule has 2 rings (SSSR count). The summed E-state index contributed by atoms with van der Waals surface area (Å²) in [5, 5.41) is 2.87. The maximum absolute atomic E-state index is 12.4. The molecule has 2 aromatic rings. The highest BCUT2D eigenvalue weighted by molar-refractivity contribution is 5.81. The third-order valence-corrected chi connectivity index (χ3v) is 4.22.